The Balaban J connectivity index is 2.23. The number of hydrogen-bond donors (Lipinski definition) is 0. The summed E-state index contributed by atoms with van der Waals surface area (Å²) in [7, 11) is -3.38. The van der Waals surface area contributed by atoms with E-state index in [0.29, 0.717) is 12.5 Å². The quantitative estimate of drug-likeness (QED) is 0.809. The summed E-state index contributed by atoms with van der Waals surface area (Å²) in [6, 6.07) is 9.68. The van der Waals surface area contributed by atoms with Crippen molar-refractivity contribution in [2.24, 2.45) is 5.92 Å². The van der Waals surface area contributed by atoms with Crippen LogP contribution < -0.4 is 0 Å². The van der Waals surface area contributed by atoms with Crippen molar-refractivity contribution in [1.29, 1.82) is 0 Å². The predicted octanol–water partition coefficient (Wildman–Crippen LogP) is 2.81. The molecule has 0 saturated heterocycles. The van der Waals surface area contributed by atoms with Gasteiger partial charge in [0.05, 0.1) is 6.04 Å². The number of carbonyl (C=O) groups is 1. The Bertz CT molecular complexity index is 608. The lowest BCUT2D eigenvalue weighted by Crippen LogP contribution is -2.45. The molecule has 2 unspecified atom stereocenters. The third-order valence-electron chi connectivity index (χ3n) is 4.70. The smallest absolute Gasteiger partial charge is 0.241 e. The highest BCUT2D eigenvalue weighted by Crippen LogP contribution is 2.31. The van der Waals surface area contributed by atoms with Gasteiger partial charge in [0, 0.05) is 12.8 Å². The molecule has 0 radical (unpaired) electrons. The van der Waals surface area contributed by atoms with Crippen LogP contribution in [0.1, 0.15) is 44.7 Å². The van der Waals surface area contributed by atoms with Crippen LogP contribution in [0, 0.1) is 5.92 Å². The summed E-state index contributed by atoms with van der Waals surface area (Å²) in [5, 5.41) is -0.987. The standard InChI is InChI=1S/C17H25NO3S/c1-13(16-10-5-4-6-11-16)18(12-15-8-7-9-15)17(19)14(2)22(3,20)21/h4-6,10-11,13-15H,7-9,12H2,1-3H3. The number of rotatable bonds is 6. The number of amides is 1. The Morgan fingerprint density at radius 1 is 1.23 bits per heavy atom. The van der Waals surface area contributed by atoms with E-state index in [-0.39, 0.29) is 11.9 Å². The summed E-state index contributed by atoms with van der Waals surface area (Å²) in [6.45, 7) is 4.11. The highest BCUT2D eigenvalue weighted by atomic mass is 32.2. The molecule has 0 heterocycles. The first-order valence-electron chi connectivity index (χ1n) is 7.85. The van der Waals surface area contributed by atoms with Gasteiger partial charge in [-0.3, -0.25) is 4.79 Å². The van der Waals surface area contributed by atoms with Gasteiger partial charge in [0.2, 0.25) is 5.91 Å². The molecule has 1 fully saturated rings. The number of sulfone groups is 1. The van der Waals surface area contributed by atoms with Gasteiger partial charge in [-0.15, -0.1) is 0 Å². The Morgan fingerprint density at radius 3 is 2.27 bits per heavy atom. The summed E-state index contributed by atoms with van der Waals surface area (Å²) in [6.07, 6.45) is 4.58. The molecule has 2 rings (SSSR count). The van der Waals surface area contributed by atoms with Crippen molar-refractivity contribution >= 4 is 15.7 Å². The highest BCUT2D eigenvalue weighted by molar-refractivity contribution is 7.92. The van der Waals surface area contributed by atoms with Crippen molar-refractivity contribution in [3.63, 3.8) is 0 Å². The van der Waals surface area contributed by atoms with E-state index in [9.17, 15) is 13.2 Å². The average Bonchev–Trinajstić information content (AvgIpc) is 2.44. The van der Waals surface area contributed by atoms with Gasteiger partial charge in [0.25, 0.3) is 0 Å². The second-order valence-electron chi connectivity index (χ2n) is 6.35. The molecule has 1 amide bonds. The van der Waals surface area contributed by atoms with Crippen LogP contribution in [0.4, 0.5) is 0 Å². The Morgan fingerprint density at radius 2 is 1.82 bits per heavy atom. The molecule has 0 aromatic heterocycles. The lowest BCUT2D eigenvalue weighted by Gasteiger charge is -2.37. The minimum atomic E-state index is -3.38. The largest absolute Gasteiger partial charge is 0.335 e. The van der Waals surface area contributed by atoms with E-state index in [2.05, 4.69) is 0 Å². The first kappa shape index (κ1) is 17.0. The summed E-state index contributed by atoms with van der Waals surface area (Å²) in [4.78, 5) is 14.5. The van der Waals surface area contributed by atoms with Crippen molar-refractivity contribution in [1.82, 2.24) is 4.90 Å². The van der Waals surface area contributed by atoms with E-state index in [0.717, 1.165) is 24.7 Å². The number of nitrogens with zero attached hydrogens (tertiary/aromatic N) is 1. The fraction of sp³-hybridized carbons (Fsp3) is 0.588. The molecule has 0 aliphatic heterocycles. The molecule has 0 bridgehead atoms. The zero-order valence-electron chi connectivity index (χ0n) is 13.5. The Kier molecular flexibility index (Phi) is 5.27. The van der Waals surface area contributed by atoms with Crippen molar-refractivity contribution in [2.75, 3.05) is 12.8 Å². The second kappa shape index (κ2) is 6.82. The number of carbonyl (C=O) groups excluding carboxylic acids is 1. The highest BCUT2D eigenvalue weighted by Gasteiger charge is 2.33. The first-order valence-corrected chi connectivity index (χ1v) is 9.80. The van der Waals surface area contributed by atoms with Crippen LogP contribution in [0.25, 0.3) is 0 Å². The lowest BCUT2D eigenvalue weighted by atomic mass is 9.84. The molecule has 1 aromatic carbocycles. The van der Waals surface area contributed by atoms with Crippen LogP contribution in [-0.4, -0.2) is 37.3 Å². The van der Waals surface area contributed by atoms with E-state index in [1.54, 1.807) is 4.90 Å². The molecule has 1 aromatic rings. The fourth-order valence-corrected chi connectivity index (χ4v) is 3.22. The Labute approximate surface area is 133 Å². The van der Waals surface area contributed by atoms with E-state index in [4.69, 9.17) is 0 Å². The van der Waals surface area contributed by atoms with Gasteiger partial charge in [-0.2, -0.15) is 0 Å². The van der Waals surface area contributed by atoms with Crippen molar-refractivity contribution < 1.29 is 13.2 Å². The van der Waals surface area contributed by atoms with Crippen LogP contribution in [0.5, 0.6) is 0 Å². The molecule has 4 nitrogen and oxygen atoms in total. The minimum Gasteiger partial charge on any atom is -0.335 e. The molecule has 22 heavy (non-hydrogen) atoms. The molecule has 1 aliphatic carbocycles. The average molecular weight is 323 g/mol. The van der Waals surface area contributed by atoms with E-state index in [1.165, 1.54) is 13.3 Å². The maximum Gasteiger partial charge on any atom is 0.241 e. The van der Waals surface area contributed by atoms with E-state index in [1.807, 2.05) is 37.3 Å². The second-order valence-corrected chi connectivity index (χ2v) is 8.71. The van der Waals surface area contributed by atoms with Gasteiger partial charge in [0.15, 0.2) is 9.84 Å². The van der Waals surface area contributed by atoms with Gasteiger partial charge in [-0.05, 0) is 38.2 Å². The van der Waals surface area contributed by atoms with Crippen molar-refractivity contribution in [3.05, 3.63) is 35.9 Å². The van der Waals surface area contributed by atoms with Crippen LogP contribution >= 0.6 is 0 Å². The van der Waals surface area contributed by atoms with Gasteiger partial charge in [-0.25, -0.2) is 8.42 Å². The zero-order valence-corrected chi connectivity index (χ0v) is 14.3. The molecule has 122 valence electrons. The molecule has 2 atom stereocenters. The monoisotopic (exact) mass is 323 g/mol. The SMILES string of the molecule is CC(c1ccccc1)N(CC1CCC1)C(=O)C(C)S(C)(=O)=O. The minimum absolute atomic E-state index is 0.113. The normalized spacial score (nSPS) is 18.3. The van der Waals surface area contributed by atoms with Crippen LogP contribution in [-0.2, 0) is 14.6 Å². The van der Waals surface area contributed by atoms with Crippen molar-refractivity contribution in [2.45, 2.75) is 44.4 Å². The first-order chi connectivity index (χ1) is 10.3. The maximum atomic E-state index is 12.7. The molecular formula is C17H25NO3S. The van der Waals surface area contributed by atoms with Gasteiger partial charge in [-0.1, -0.05) is 36.8 Å². The Hall–Kier alpha value is -1.36. The van der Waals surface area contributed by atoms with Crippen LogP contribution in [0.15, 0.2) is 30.3 Å². The van der Waals surface area contributed by atoms with Crippen LogP contribution in [0.2, 0.25) is 0 Å². The van der Waals surface area contributed by atoms with E-state index < -0.39 is 15.1 Å². The summed E-state index contributed by atoms with van der Waals surface area (Å²) in [5.74, 6) is 0.215. The van der Waals surface area contributed by atoms with Crippen molar-refractivity contribution in [3.8, 4) is 0 Å². The molecule has 5 heteroatoms. The molecular weight excluding hydrogens is 298 g/mol. The van der Waals surface area contributed by atoms with Gasteiger partial charge >= 0.3 is 0 Å². The van der Waals surface area contributed by atoms with E-state index >= 15 is 0 Å². The van der Waals surface area contributed by atoms with Crippen LogP contribution in [0.3, 0.4) is 0 Å². The molecule has 0 N–H and O–H groups in total. The van der Waals surface area contributed by atoms with Gasteiger partial charge < -0.3 is 4.90 Å². The summed E-state index contributed by atoms with van der Waals surface area (Å²) >= 11 is 0. The molecule has 0 spiro atoms. The summed E-state index contributed by atoms with van der Waals surface area (Å²) < 4.78 is 23.5. The third kappa shape index (κ3) is 3.88. The number of benzene rings is 1. The fourth-order valence-electron chi connectivity index (χ4n) is 2.72. The number of hydrogen-bond acceptors (Lipinski definition) is 3. The molecule has 1 saturated carbocycles. The third-order valence-corrected chi connectivity index (χ3v) is 6.19. The molecule has 1 aliphatic rings. The maximum absolute atomic E-state index is 12.7. The summed E-state index contributed by atoms with van der Waals surface area (Å²) in [5.41, 5.74) is 1.04. The predicted molar refractivity (Wildman–Crippen MR) is 88.2 cm³/mol. The van der Waals surface area contributed by atoms with Gasteiger partial charge in [0.1, 0.15) is 5.25 Å². The lowest BCUT2D eigenvalue weighted by molar-refractivity contribution is -0.133. The zero-order chi connectivity index (χ0) is 16.3. The topological polar surface area (TPSA) is 54.5 Å².